The average Bonchev–Trinajstić information content (AvgIpc) is 3.41. The summed E-state index contributed by atoms with van der Waals surface area (Å²) in [4.78, 5) is 24.8. The van der Waals surface area contributed by atoms with E-state index >= 15 is 0 Å². The van der Waals surface area contributed by atoms with Gasteiger partial charge < -0.3 is 10.6 Å². The SMILES string of the molecule is CCC(=O)NCc1ccc(C(=O)Nc2c(C)cc(C(F)(C(F)(F)F)C(F)(F)F)cc2CC)cc1-n1cccn1. The van der Waals surface area contributed by atoms with E-state index in [1.807, 2.05) is 0 Å². The predicted octanol–water partition coefficient (Wildman–Crippen LogP) is 6.31. The third-order valence-electron chi connectivity index (χ3n) is 6.11. The fourth-order valence-electron chi connectivity index (χ4n) is 3.99. The van der Waals surface area contributed by atoms with Crippen molar-refractivity contribution in [2.24, 2.45) is 0 Å². The van der Waals surface area contributed by atoms with Gasteiger partial charge in [0.2, 0.25) is 5.91 Å². The van der Waals surface area contributed by atoms with Crippen molar-refractivity contribution in [2.45, 2.75) is 58.2 Å². The Kier molecular flexibility index (Phi) is 8.42. The minimum atomic E-state index is -6.26. The van der Waals surface area contributed by atoms with Gasteiger partial charge in [-0.3, -0.25) is 9.59 Å². The largest absolute Gasteiger partial charge is 0.435 e. The third kappa shape index (κ3) is 5.91. The lowest BCUT2D eigenvalue weighted by atomic mass is 9.89. The zero-order valence-corrected chi connectivity index (χ0v) is 21.1. The molecule has 0 aliphatic carbocycles. The van der Waals surface area contributed by atoms with Gasteiger partial charge in [0.1, 0.15) is 0 Å². The highest BCUT2D eigenvalue weighted by Gasteiger charge is 2.73. The molecule has 210 valence electrons. The molecular formula is C26H25F7N4O2. The third-order valence-corrected chi connectivity index (χ3v) is 6.11. The van der Waals surface area contributed by atoms with Gasteiger partial charge in [-0.25, -0.2) is 9.07 Å². The van der Waals surface area contributed by atoms with Crippen LogP contribution >= 0.6 is 0 Å². The van der Waals surface area contributed by atoms with Crippen LogP contribution in [0.15, 0.2) is 48.8 Å². The molecule has 2 aromatic carbocycles. The summed E-state index contributed by atoms with van der Waals surface area (Å²) < 4.78 is 95.9. The molecule has 39 heavy (non-hydrogen) atoms. The maximum Gasteiger partial charge on any atom is 0.435 e. The van der Waals surface area contributed by atoms with E-state index in [2.05, 4.69) is 15.7 Å². The second kappa shape index (κ2) is 11.1. The number of benzene rings is 2. The van der Waals surface area contributed by atoms with E-state index in [1.165, 1.54) is 36.9 Å². The molecule has 13 heteroatoms. The van der Waals surface area contributed by atoms with Crippen LogP contribution in [0.4, 0.5) is 36.4 Å². The number of aromatic nitrogens is 2. The Hall–Kier alpha value is -3.90. The molecule has 3 rings (SSSR count). The molecule has 6 nitrogen and oxygen atoms in total. The summed E-state index contributed by atoms with van der Waals surface area (Å²) in [6.45, 7) is 4.47. The number of rotatable bonds is 8. The van der Waals surface area contributed by atoms with Gasteiger partial charge in [-0.1, -0.05) is 26.0 Å². The van der Waals surface area contributed by atoms with E-state index in [1.54, 1.807) is 25.3 Å². The minimum Gasteiger partial charge on any atom is -0.352 e. The summed E-state index contributed by atoms with van der Waals surface area (Å²) in [7, 11) is 0. The Morgan fingerprint density at radius 3 is 2.15 bits per heavy atom. The number of nitrogens with zero attached hydrogens (tertiary/aromatic N) is 2. The molecule has 2 N–H and O–H groups in total. The number of carbonyl (C=O) groups excluding carboxylic acids is 2. The average molecular weight is 558 g/mol. The number of hydrogen-bond donors (Lipinski definition) is 2. The first kappa shape index (κ1) is 29.7. The van der Waals surface area contributed by atoms with Crippen LogP contribution in [-0.2, 0) is 23.4 Å². The smallest absolute Gasteiger partial charge is 0.352 e. The highest BCUT2D eigenvalue weighted by atomic mass is 19.4. The minimum absolute atomic E-state index is 0.0297. The number of aryl methyl sites for hydroxylation is 2. The molecule has 0 fully saturated rings. The van der Waals surface area contributed by atoms with Gasteiger partial charge in [-0.2, -0.15) is 31.4 Å². The van der Waals surface area contributed by atoms with Crippen molar-refractivity contribution in [3.63, 3.8) is 0 Å². The number of alkyl halides is 7. The summed E-state index contributed by atoms with van der Waals surface area (Å²) >= 11 is 0. The normalized spacial score (nSPS) is 12.4. The molecule has 0 saturated carbocycles. The summed E-state index contributed by atoms with van der Waals surface area (Å²) in [5.74, 6) is -0.904. The quantitative estimate of drug-likeness (QED) is 0.318. The van der Waals surface area contributed by atoms with Crippen molar-refractivity contribution in [2.75, 3.05) is 5.32 Å². The van der Waals surface area contributed by atoms with E-state index in [4.69, 9.17) is 0 Å². The Bertz CT molecular complexity index is 1340. The van der Waals surface area contributed by atoms with E-state index in [9.17, 15) is 40.3 Å². The number of carbonyl (C=O) groups is 2. The molecule has 2 amide bonds. The lowest BCUT2D eigenvalue weighted by molar-refractivity contribution is -0.348. The number of anilines is 1. The highest BCUT2D eigenvalue weighted by molar-refractivity contribution is 6.05. The Balaban J connectivity index is 2.00. The second-order valence-electron chi connectivity index (χ2n) is 8.71. The first-order chi connectivity index (χ1) is 18.1. The summed E-state index contributed by atoms with van der Waals surface area (Å²) in [5, 5.41) is 9.40. The van der Waals surface area contributed by atoms with Crippen LogP contribution in [0.25, 0.3) is 5.69 Å². The first-order valence-electron chi connectivity index (χ1n) is 11.8. The number of hydrogen-bond acceptors (Lipinski definition) is 3. The zero-order valence-electron chi connectivity index (χ0n) is 21.1. The fraction of sp³-hybridized carbons (Fsp3) is 0.346. The Labute approximate surface area is 219 Å². The first-order valence-corrected chi connectivity index (χ1v) is 11.8. The van der Waals surface area contributed by atoms with Crippen molar-refractivity contribution in [1.29, 1.82) is 0 Å². The monoisotopic (exact) mass is 558 g/mol. The summed E-state index contributed by atoms with van der Waals surface area (Å²) in [6, 6.07) is 7.06. The van der Waals surface area contributed by atoms with Gasteiger partial charge in [0.15, 0.2) is 0 Å². The molecule has 0 radical (unpaired) electrons. The van der Waals surface area contributed by atoms with E-state index in [0.29, 0.717) is 23.4 Å². The molecule has 0 unspecified atom stereocenters. The molecule has 0 saturated heterocycles. The molecule has 3 aromatic rings. The maximum atomic E-state index is 14.7. The van der Waals surface area contributed by atoms with E-state index in [0.717, 1.165) is 0 Å². The highest BCUT2D eigenvalue weighted by Crippen LogP contribution is 2.53. The molecule has 1 heterocycles. The van der Waals surface area contributed by atoms with Gasteiger partial charge in [-0.05, 0) is 54.3 Å². The molecule has 0 aliphatic heterocycles. The van der Waals surface area contributed by atoms with Crippen LogP contribution in [0.2, 0.25) is 0 Å². The summed E-state index contributed by atoms with van der Waals surface area (Å²) in [6.07, 6.45) is -9.21. The number of nitrogens with one attached hydrogen (secondary N) is 2. The molecule has 0 bridgehead atoms. The molecule has 0 atom stereocenters. The van der Waals surface area contributed by atoms with Crippen LogP contribution < -0.4 is 10.6 Å². The zero-order chi connectivity index (χ0) is 29.2. The topological polar surface area (TPSA) is 76.0 Å². The fourth-order valence-corrected chi connectivity index (χ4v) is 3.99. The standard InChI is InChI=1S/C26H25F7N4O2/c1-4-16-12-19(24(27,25(28,29)30)26(31,32)33)11-15(3)22(16)36-23(39)17-7-8-18(14-34-21(38)5-2)20(13-17)37-10-6-9-35-37/h6-13H,4-5,14H2,1-3H3,(H,34,38)(H,36,39). The molecule has 1 aromatic heterocycles. The van der Waals surface area contributed by atoms with Crippen molar-refractivity contribution < 1.29 is 40.3 Å². The van der Waals surface area contributed by atoms with Gasteiger partial charge in [0, 0.05) is 42.2 Å². The Morgan fingerprint density at radius 2 is 1.62 bits per heavy atom. The van der Waals surface area contributed by atoms with Crippen LogP contribution in [0.1, 0.15) is 52.9 Å². The second-order valence-corrected chi connectivity index (χ2v) is 8.71. The van der Waals surface area contributed by atoms with Crippen molar-refractivity contribution >= 4 is 17.5 Å². The molecular weight excluding hydrogens is 533 g/mol. The van der Waals surface area contributed by atoms with Gasteiger partial charge in [0.05, 0.1) is 5.69 Å². The number of halogens is 7. The van der Waals surface area contributed by atoms with Crippen molar-refractivity contribution in [3.05, 3.63) is 76.6 Å². The molecule has 0 aliphatic rings. The van der Waals surface area contributed by atoms with Gasteiger partial charge >= 0.3 is 18.0 Å². The maximum absolute atomic E-state index is 14.7. The van der Waals surface area contributed by atoms with Gasteiger partial charge in [0.25, 0.3) is 5.91 Å². The molecule has 0 spiro atoms. The summed E-state index contributed by atoms with van der Waals surface area (Å²) in [5.41, 5.74) is -6.33. The van der Waals surface area contributed by atoms with Crippen LogP contribution in [0.5, 0.6) is 0 Å². The van der Waals surface area contributed by atoms with Gasteiger partial charge in [-0.15, -0.1) is 0 Å². The lowest BCUT2D eigenvalue weighted by Crippen LogP contribution is -2.50. The van der Waals surface area contributed by atoms with Crippen LogP contribution in [0.3, 0.4) is 0 Å². The van der Waals surface area contributed by atoms with Crippen LogP contribution in [0, 0.1) is 6.92 Å². The Morgan fingerprint density at radius 1 is 0.949 bits per heavy atom. The predicted molar refractivity (Wildman–Crippen MR) is 129 cm³/mol. The van der Waals surface area contributed by atoms with E-state index in [-0.39, 0.29) is 47.7 Å². The van der Waals surface area contributed by atoms with Crippen molar-refractivity contribution in [1.82, 2.24) is 15.1 Å². The van der Waals surface area contributed by atoms with E-state index < -0.39 is 29.5 Å². The number of amides is 2. The lowest BCUT2D eigenvalue weighted by Gasteiger charge is -2.31. The van der Waals surface area contributed by atoms with Crippen LogP contribution in [-0.4, -0.2) is 33.9 Å². The van der Waals surface area contributed by atoms with Crippen molar-refractivity contribution in [3.8, 4) is 5.69 Å².